The summed E-state index contributed by atoms with van der Waals surface area (Å²) in [6.07, 6.45) is 4.55. The van der Waals surface area contributed by atoms with Gasteiger partial charge < -0.3 is 0 Å². The van der Waals surface area contributed by atoms with Crippen LogP contribution in [0.3, 0.4) is 0 Å². The van der Waals surface area contributed by atoms with E-state index in [1.807, 2.05) is 6.07 Å². The Labute approximate surface area is 135 Å². The second-order valence-electron chi connectivity index (χ2n) is 5.46. The van der Waals surface area contributed by atoms with Gasteiger partial charge in [-0.05, 0) is 66.8 Å². The summed E-state index contributed by atoms with van der Waals surface area (Å²) in [6, 6.07) is 12.8. The van der Waals surface area contributed by atoms with Gasteiger partial charge in [-0.25, -0.2) is 0 Å². The molecule has 2 aromatic carbocycles. The van der Waals surface area contributed by atoms with Gasteiger partial charge in [-0.3, -0.25) is 0 Å². The molecule has 0 saturated heterocycles. The molecule has 0 nitrogen and oxygen atoms in total. The number of fused-ring (bicyclic) bond motifs is 1. The Morgan fingerprint density at radius 1 is 1.05 bits per heavy atom. The van der Waals surface area contributed by atoms with E-state index >= 15 is 0 Å². The Morgan fingerprint density at radius 2 is 1.76 bits per heavy atom. The Bertz CT molecular complexity index is 785. The van der Waals surface area contributed by atoms with Gasteiger partial charge in [-0.15, -0.1) is 0 Å². The van der Waals surface area contributed by atoms with Crippen molar-refractivity contribution in [1.82, 2.24) is 0 Å². The lowest BCUT2D eigenvalue weighted by Gasteiger charge is -1.99. The van der Waals surface area contributed by atoms with Gasteiger partial charge >= 0.3 is 0 Å². The zero-order valence-corrected chi connectivity index (χ0v) is 13.9. The van der Waals surface area contributed by atoms with E-state index in [-0.39, 0.29) is 0 Å². The van der Waals surface area contributed by atoms with Crippen molar-refractivity contribution < 1.29 is 0 Å². The highest BCUT2D eigenvalue weighted by molar-refractivity contribution is 9.10. The second-order valence-corrected chi connectivity index (χ2v) is 6.31. The van der Waals surface area contributed by atoms with Crippen molar-refractivity contribution in [2.75, 3.05) is 0 Å². The maximum absolute atomic E-state index is 3.52. The van der Waals surface area contributed by atoms with Crippen LogP contribution < -0.4 is 0 Å². The van der Waals surface area contributed by atoms with Crippen molar-refractivity contribution in [3.8, 4) is 11.8 Å². The lowest BCUT2D eigenvalue weighted by atomic mass is 10.1. The normalized spacial score (nSPS) is 12.4. The van der Waals surface area contributed by atoms with Crippen molar-refractivity contribution in [3.63, 3.8) is 0 Å². The van der Waals surface area contributed by atoms with Crippen LogP contribution in [0.25, 0.3) is 6.08 Å². The summed E-state index contributed by atoms with van der Waals surface area (Å²) in [7, 11) is 0. The quantitative estimate of drug-likeness (QED) is 0.602. The number of rotatable bonds is 1. The maximum atomic E-state index is 3.52. The smallest absolute Gasteiger partial charge is 0.0255 e. The molecule has 1 aliphatic rings. The molecule has 0 heterocycles. The topological polar surface area (TPSA) is 0 Å². The molecule has 0 amide bonds. The molecule has 1 aliphatic carbocycles. The molecule has 3 rings (SSSR count). The highest BCUT2D eigenvalue weighted by Crippen LogP contribution is 2.27. The molecule has 0 fully saturated rings. The molecule has 0 unspecified atom stereocenters. The van der Waals surface area contributed by atoms with Crippen molar-refractivity contribution in [3.05, 3.63) is 74.3 Å². The van der Waals surface area contributed by atoms with Gasteiger partial charge in [0.1, 0.15) is 0 Å². The van der Waals surface area contributed by atoms with E-state index in [2.05, 4.69) is 78.0 Å². The zero-order valence-electron chi connectivity index (χ0n) is 12.3. The third kappa shape index (κ3) is 3.12. The molecular weight excluding hydrogens is 320 g/mol. The Kier molecular flexibility index (Phi) is 3.99. The van der Waals surface area contributed by atoms with Crippen LogP contribution in [0.4, 0.5) is 0 Å². The predicted octanol–water partition coefficient (Wildman–Crippen LogP) is 5.51. The molecule has 2 aromatic rings. The molecule has 0 aliphatic heterocycles. The average Bonchev–Trinajstić information content (AvgIpc) is 2.90. The third-order valence-electron chi connectivity index (χ3n) is 3.89. The minimum absolute atomic E-state index is 1.06. The van der Waals surface area contributed by atoms with Gasteiger partial charge in [0.25, 0.3) is 0 Å². The lowest BCUT2D eigenvalue weighted by molar-refractivity contribution is 1.04. The fourth-order valence-corrected chi connectivity index (χ4v) is 2.82. The summed E-state index contributed by atoms with van der Waals surface area (Å²) < 4.78 is 1.13. The third-order valence-corrected chi connectivity index (χ3v) is 4.78. The highest BCUT2D eigenvalue weighted by Gasteiger charge is 2.10. The summed E-state index contributed by atoms with van der Waals surface area (Å²) >= 11 is 3.52. The van der Waals surface area contributed by atoms with Crippen LogP contribution in [0, 0.1) is 18.8 Å². The van der Waals surface area contributed by atoms with Crippen molar-refractivity contribution >= 4 is 22.0 Å². The Hall–Kier alpha value is -1.78. The maximum Gasteiger partial charge on any atom is 0.0255 e. The van der Waals surface area contributed by atoms with E-state index in [0.29, 0.717) is 0 Å². The first-order valence-corrected chi connectivity index (χ1v) is 8.05. The monoisotopic (exact) mass is 336 g/mol. The molecule has 21 heavy (non-hydrogen) atoms. The van der Waals surface area contributed by atoms with E-state index in [1.165, 1.54) is 22.3 Å². The van der Waals surface area contributed by atoms with E-state index in [1.54, 1.807) is 0 Å². The minimum Gasteiger partial charge on any atom is -0.0655 e. The van der Waals surface area contributed by atoms with Crippen molar-refractivity contribution in [2.45, 2.75) is 26.7 Å². The molecule has 0 aromatic heterocycles. The van der Waals surface area contributed by atoms with Crippen LogP contribution >= 0.6 is 15.9 Å². The largest absolute Gasteiger partial charge is 0.0655 e. The summed E-state index contributed by atoms with van der Waals surface area (Å²) in [4.78, 5) is 0. The second kappa shape index (κ2) is 5.92. The number of hydrogen-bond acceptors (Lipinski definition) is 0. The van der Waals surface area contributed by atoms with E-state index in [4.69, 9.17) is 0 Å². The van der Waals surface area contributed by atoms with E-state index in [0.717, 1.165) is 28.4 Å². The molecule has 0 saturated carbocycles. The van der Waals surface area contributed by atoms with Crippen LogP contribution in [0.2, 0.25) is 0 Å². The molecule has 0 atom stereocenters. The fourth-order valence-electron chi connectivity index (χ4n) is 2.58. The van der Waals surface area contributed by atoms with Gasteiger partial charge in [0.2, 0.25) is 0 Å². The zero-order chi connectivity index (χ0) is 14.8. The summed E-state index contributed by atoms with van der Waals surface area (Å²) in [5, 5.41) is 0. The average molecular weight is 337 g/mol. The summed E-state index contributed by atoms with van der Waals surface area (Å²) in [6.45, 7) is 4.30. The molecular formula is C20H17Br. The van der Waals surface area contributed by atoms with Gasteiger partial charge in [-0.2, -0.15) is 0 Å². The molecule has 0 N–H and O–H groups in total. The number of aryl methyl sites for hydroxylation is 1. The van der Waals surface area contributed by atoms with E-state index in [9.17, 15) is 0 Å². The first kappa shape index (κ1) is 14.2. The molecule has 0 bridgehead atoms. The molecule has 1 heteroatoms. The summed E-state index contributed by atoms with van der Waals surface area (Å²) in [5.41, 5.74) is 7.64. The van der Waals surface area contributed by atoms with Crippen LogP contribution in [0.5, 0.6) is 0 Å². The number of hydrogen-bond donors (Lipinski definition) is 0. The van der Waals surface area contributed by atoms with E-state index < -0.39 is 0 Å². The molecule has 0 spiro atoms. The van der Waals surface area contributed by atoms with Gasteiger partial charge in [0.05, 0.1) is 0 Å². The highest BCUT2D eigenvalue weighted by atomic mass is 79.9. The first-order chi connectivity index (χ1) is 10.2. The SMILES string of the molecule is CCC1=Cc2cc(C#Cc3ccc(Br)c(C)c3)ccc2C1. The summed E-state index contributed by atoms with van der Waals surface area (Å²) in [5.74, 6) is 6.53. The Balaban J connectivity index is 1.88. The van der Waals surface area contributed by atoms with Gasteiger partial charge in [-0.1, -0.05) is 52.4 Å². The van der Waals surface area contributed by atoms with Gasteiger partial charge in [0, 0.05) is 15.6 Å². The van der Waals surface area contributed by atoms with Crippen LogP contribution in [-0.4, -0.2) is 0 Å². The molecule has 0 radical (unpaired) electrons. The van der Waals surface area contributed by atoms with Crippen molar-refractivity contribution in [2.24, 2.45) is 0 Å². The predicted molar refractivity (Wildman–Crippen MR) is 93.3 cm³/mol. The fraction of sp³-hybridized carbons (Fsp3) is 0.200. The number of allylic oxidation sites excluding steroid dienone is 1. The number of halogens is 1. The lowest BCUT2D eigenvalue weighted by Crippen LogP contribution is -1.85. The first-order valence-electron chi connectivity index (χ1n) is 7.26. The standard InChI is InChI=1S/C20H17Br/c1-3-15-11-18-8-6-17(13-19(18)12-15)5-4-16-7-9-20(21)14(2)10-16/h6-10,12-13H,3,11H2,1-2H3. The van der Waals surface area contributed by atoms with Crippen LogP contribution in [0.1, 0.15) is 41.2 Å². The Morgan fingerprint density at radius 3 is 2.48 bits per heavy atom. The molecule has 104 valence electrons. The van der Waals surface area contributed by atoms with Gasteiger partial charge in [0.15, 0.2) is 0 Å². The minimum atomic E-state index is 1.06. The van der Waals surface area contributed by atoms with Crippen molar-refractivity contribution in [1.29, 1.82) is 0 Å². The number of benzene rings is 2. The van der Waals surface area contributed by atoms with Crippen LogP contribution in [-0.2, 0) is 6.42 Å². The van der Waals surface area contributed by atoms with Crippen LogP contribution in [0.15, 0.2) is 46.4 Å².